The molecular weight excluding hydrogens is 270 g/mol. The van der Waals surface area contributed by atoms with E-state index in [4.69, 9.17) is 10.5 Å². The Morgan fingerprint density at radius 1 is 1.05 bits per heavy atom. The summed E-state index contributed by atoms with van der Waals surface area (Å²) >= 11 is 1.61. The number of hydrogen-bond donors (Lipinski definition) is 1. The Bertz CT molecular complexity index is 708. The SMILES string of the molecule is COc1ccc(-c2ncnc(-c3cccs3)c2N)cc1. The summed E-state index contributed by atoms with van der Waals surface area (Å²) in [6.07, 6.45) is 1.55. The fourth-order valence-corrected chi connectivity index (χ4v) is 2.72. The number of hydrogen-bond acceptors (Lipinski definition) is 5. The van der Waals surface area contributed by atoms with Crippen LogP contribution in [0.1, 0.15) is 0 Å². The summed E-state index contributed by atoms with van der Waals surface area (Å²) in [5, 5.41) is 2.00. The summed E-state index contributed by atoms with van der Waals surface area (Å²) in [6.45, 7) is 0. The van der Waals surface area contributed by atoms with E-state index in [1.807, 2.05) is 41.8 Å². The molecule has 0 atom stereocenters. The van der Waals surface area contributed by atoms with Crippen LogP contribution in [0.25, 0.3) is 21.8 Å². The van der Waals surface area contributed by atoms with E-state index < -0.39 is 0 Å². The van der Waals surface area contributed by atoms with Gasteiger partial charge in [-0.2, -0.15) is 0 Å². The van der Waals surface area contributed by atoms with Crippen molar-refractivity contribution in [1.29, 1.82) is 0 Å². The number of rotatable bonds is 3. The van der Waals surface area contributed by atoms with E-state index >= 15 is 0 Å². The maximum atomic E-state index is 6.23. The lowest BCUT2D eigenvalue weighted by molar-refractivity contribution is 0.415. The highest BCUT2D eigenvalue weighted by Gasteiger charge is 2.12. The van der Waals surface area contributed by atoms with Gasteiger partial charge in [0.1, 0.15) is 17.8 Å². The van der Waals surface area contributed by atoms with Crippen molar-refractivity contribution >= 4 is 17.0 Å². The topological polar surface area (TPSA) is 61.0 Å². The van der Waals surface area contributed by atoms with Crippen LogP contribution in [0.2, 0.25) is 0 Å². The minimum absolute atomic E-state index is 0.597. The van der Waals surface area contributed by atoms with Crippen molar-refractivity contribution in [2.75, 3.05) is 12.8 Å². The molecule has 0 fully saturated rings. The number of anilines is 1. The first kappa shape index (κ1) is 12.6. The predicted octanol–water partition coefficient (Wildman–Crippen LogP) is 3.46. The molecule has 1 aromatic carbocycles. The fourth-order valence-electron chi connectivity index (χ4n) is 1.98. The largest absolute Gasteiger partial charge is 0.497 e. The second kappa shape index (κ2) is 5.30. The molecule has 0 spiro atoms. The van der Waals surface area contributed by atoms with Crippen molar-refractivity contribution in [1.82, 2.24) is 9.97 Å². The number of nitrogens with zero attached hydrogens (tertiary/aromatic N) is 2. The van der Waals surface area contributed by atoms with E-state index in [1.165, 1.54) is 0 Å². The Hall–Kier alpha value is -2.40. The molecule has 0 unspecified atom stereocenters. The van der Waals surface area contributed by atoms with Gasteiger partial charge in [0.15, 0.2) is 0 Å². The second-order valence-corrected chi connectivity index (χ2v) is 5.14. The van der Waals surface area contributed by atoms with Crippen LogP contribution in [0.3, 0.4) is 0 Å². The van der Waals surface area contributed by atoms with Crippen molar-refractivity contribution in [2.24, 2.45) is 0 Å². The zero-order valence-electron chi connectivity index (χ0n) is 10.9. The van der Waals surface area contributed by atoms with Gasteiger partial charge in [-0.05, 0) is 35.7 Å². The van der Waals surface area contributed by atoms with Gasteiger partial charge in [0.05, 0.1) is 23.4 Å². The molecule has 0 amide bonds. The quantitative estimate of drug-likeness (QED) is 0.799. The Balaban J connectivity index is 2.08. The van der Waals surface area contributed by atoms with Gasteiger partial charge in [0.25, 0.3) is 0 Å². The van der Waals surface area contributed by atoms with Gasteiger partial charge >= 0.3 is 0 Å². The van der Waals surface area contributed by atoms with E-state index in [-0.39, 0.29) is 0 Å². The molecule has 3 aromatic rings. The van der Waals surface area contributed by atoms with Crippen molar-refractivity contribution in [3.8, 4) is 27.6 Å². The van der Waals surface area contributed by atoms with Crippen LogP contribution in [-0.2, 0) is 0 Å². The average Bonchev–Trinajstić information content (AvgIpc) is 3.02. The lowest BCUT2D eigenvalue weighted by atomic mass is 10.1. The highest BCUT2D eigenvalue weighted by molar-refractivity contribution is 7.13. The zero-order chi connectivity index (χ0) is 13.9. The summed E-state index contributed by atoms with van der Waals surface area (Å²) in [7, 11) is 1.64. The third-order valence-corrected chi connectivity index (χ3v) is 3.88. The molecule has 100 valence electrons. The lowest BCUT2D eigenvalue weighted by Gasteiger charge is -2.08. The number of thiophene rings is 1. The second-order valence-electron chi connectivity index (χ2n) is 4.19. The van der Waals surface area contributed by atoms with Gasteiger partial charge < -0.3 is 10.5 Å². The molecule has 0 saturated heterocycles. The highest BCUT2D eigenvalue weighted by atomic mass is 32.1. The monoisotopic (exact) mass is 283 g/mol. The molecule has 3 rings (SSSR count). The number of ether oxygens (including phenoxy) is 1. The minimum Gasteiger partial charge on any atom is -0.497 e. The van der Waals surface area contributed by atoms with Crippen LogP contribution in [0, 0.1) is 0 Å². The first-order valence-electron chi connectivity index (χ1n) is 6.08. The van der Waals surface area contributed by atoms with Crippen LogP contribution in [0.5, 0.6) is 5.75 Å². The van der Waals surface area contributed by atoms with Crippen LogP contribution in [-0.4, -0.2) is 17.1 Å². The lowest BCUT2D eigenvalue weighted by Crippen LogP contribution is -1.98. The number of nitrogens with two attached hydrogens (primary N) is 1. The van der Waals surface area contributed by atoms with Crippen LogP contribution in [0.15, 0.2) is 48.1 Å². The Labute approximate surface area is 120 Å². The molecule has 2 heterocycles. The molecule has 5 heteroatoms. The van der Waals surface area contributed by atoms with E-state index in [0.717, 1.165) is 27.6 Å². The van der Waals surface area contributed by atoms with Gasteiger partial charge in [-0.25, -0.2) is 9.97 Å². The molecule has 0 aliphatic rings. The Kier molecular flexibility index (Phi) is 3.35. The molecular formula is C15H13N3OS. The number of nitrogen functional groups attached to an aromatic ring is 1. The van der Waals surface area contributed by atoms with Gasteiger partial charge in [-0.3, -0.25) is 0 Å². The van der Waals surface area contributed by atoms with Crippen molar-refractivity contribution in [3.05, 3.63) is 48.1 Å². The molecule has 0 aliphatic heterocycles. The smallest absolute Gasteiger partial charge is 0.118 e. The molecule has 0 radical (unpaired) electrons. The van der Waals surface area contributed by atoms with Gasteiger partial charge in [-0.15, -0.1) is 11.3 Å². The number of aromatic nitrogens is 2. The first-order chi connectivity index (χ1) is 9.79. The standard InChI is InChI=1S/C15H13N3OS/c1-19-11-6-4-10(5-7-11)14-13(16)15(18-9-17-14)12-3-2-8-20-12/h2-9H,16H2,1H3. The Morgan fingerprint density at radius 2 is 1.80 bits per heavy atom. The third kappa shape index (κ3) is 2.23. The maximum absolute atomic E-state index is 6.23. The third-order valence-electron chi connectivity index (χ3n) is 3.00. The van der Waals surface area contributed by atoms with Crippen molar-refractivity contribution in [3.63, 3.8) is 0 Å². The molecule has 2 N–H and O–H groups in total. The highest BCUT2D eigenvalue weighted by Crippen LogP contribution is 2.33. The van der Waals surface area contributed by atoms with Gasteiger partial charge in [0.2, 0.25) is 0 Å². The van der Waals surface area contributed by atoms with Crippen LogP contribution in [0.4, 0.5) is 5.69 Å². The molecule has 0 bridgehead atoms. The van der Waals surface area contributed by atoms with Crippen molar-refractivity contribution < 1.29 is 4.74 Å². The summed E-state index contributed by atoms with van der Waals surface area (Å²) in [5.74, 6) is 0.805. The molecule has 0 aliphatic carbocycles. The van der Waals surface area contributed by atoms with Gasteiger partial charge in [-0.1, -0.05) is 6.07 Å². The van der Waals surface area contributed by atoms with Gasteiger partial charge in [0, 0.05) is 5.56 Å². The summed E-state index contributed by atoms with van der Waals surface area (Å²) < 4.78 is 5.16. The normalized spacial score (nSPS) is 10.4. The summed E-state index contributed by atoms with van der Waals surface area (Å²) in [4.78, 5) is 9.63. The zero-order valence-corrected chi connectivity index (χ0v) is 11.7. The molecule has 20 heavy (non-hydrogen) atoms. The van der Waals surface area contributed by atoms with Crippen LogP contribution < -0.4 is 10.5 Å². The predicted molar refractivity (Wildman–Crippen MR) is 81.7 cm³/mol. The maximum Gasteiger partial charge on any atom is 0.118 e. The molecule has 4 nitrogen and oxygen atoms in total. The molecule has 0 saturated carbocycles. The molecule has 2 aromatic heterocycles. The van der Waals surface area contributed by atoms with E-state index in [9.17, 15) is 0 Å². The Morgan fingerprint density at radius 3 is 2.45 bits per heavy atom. The summed E-state index contributed by atoms with van der Waals surface area (Å²) in [6, 6.07) is 11.6. The van der Waals surface area contributed by atoms with E-state index in [1.54, 1.807) is 24.8 Å². The van der Waals surface area contributed by atoms with E-state index in [0.29, 0.717) is 5.69 Å². The van der Waals surface area contributed by atoms with Crippen molar-refractivity contribution in [2.45, 2.75) is 0 Å². The first-order valence-corrected chi connectivity index (χ1v) is 6.96. The number of benzene rings is 1. The fraction of sp³-hybridized carbons (Fsp3) is 0.0667. The minimum atomic E-state index is 0.597. The van der Waals surface area contributed by atoms with E-state index in [2.05, 4.69) is 9.97 Å². The summed E-state index contributed by atoms with van der Waals surface area (Å²) in [5.41, 5.74) is 9.29. The average molecular weight is 283 g/mol. The number of methoxy groups -OCH3 is 1. The van der Waals surface area contributed by atoms with Crippen LogP contribution >= 0.6 is 11.3 Å².